The maximum atomic E-state index is 12.2. The van der Waals surface area contributed by atoms with E-state index in [1.165, 1.54) is 0 Å². The van der Waals surface area contributed by atoms with Crippen molar-refractivity contribution in [1.82, 2.24) is 25.7 Å². The fourth-order valence-corrected chi connectivity index (χ4v) is 3.19. The van der Waals surface area contributed by atoms with Crippen LogP contribution in [-0.2, 0) is 16.0 Å². The Morgan fingerprint density at radius 1 is 1.42 bits per heavy atom. The van der Waals surface area contributed by atoms with E-state index in [0.29, 0.717) is 19.0 Å². The minimum absolute atomic E-state index is 0.0430. The van der Waals surface area contributed by atoms with Crippen molar-refractivity contribution in [2.45, 2.75) is 46.6 Å². The van der Waals surface area contributed by atoms with Gasteiger partial charge in [-0.05, 0) is 31.7 Å². The Kier molecular flexibility index (Phi) is 6.36. The molecule has 1 saturated heterocycles. The predicted octanol–water partition coefficient (Wildman–Crippen LogP) is 0.532. The first kappa shape index (κ1) is 18.4. The van der Waals surface area contributed by atoms with Crippen LogP contribution in [0.1, 0.15) is 37.2 Å². The second kappa shape index (κ2) is 8.28. The van der Waals surface area contributed by atoms with Crippen LogP contribution in [0.25, 0.3) is 0 Å². The highest BCUT2D eigenvalue weighted by atomic mass is 16.2. The van der Waals surface area contributed by atoms with E-state index in [0.717, 1.165) is 36.5 Å². The maximum absolute atomic E-state index is 12.2. The Balaban J connectivity index is 1.84. The van der Waals surface area contributed by atoms with Gasteiger partial charge in [-0.15, -0.1) is 0 Å². The number of nitrogens with zero attached hydrogens (tertiary/aromatic N) is 2. The van der Waals surface area contributed by atoms with Gasteiger partial charge < -0.3 is 10.6 Å². The van der Waals surface area contributed by atoms with Crippen molar-refractivity contribution in [3.8, 4) is 0 Å². The number of aromatic nitrogens is 2. The second-order valence-electron chi connectivity index (χ2n) is 6.91. The lowest BCUT2D eigenvalue weighted by molar-refractivity contribution is -0.134. The number of hydrogen-bond acceptors (Lipinski definition) is 4. The quantitative estimate of drug-likeness (QED) is 0.678. The first-order chi connectivity index (χ1) is 11.4. The molecule has 0 radical (unpaired) electrons. The van der Waals surface area contributed by atoms with Crippen molar-refractivity contribution in [1.29, 1.82) is 0 Å². The van der Waals surface area contributed by atoms with Crippen LogP contribution in [0.5, 0.6) is 0 Å². The van der Waals surface area contributed by atoms with E-state index in [2.05, 4.69) is 39.6 Å². The van der Waals surface area contributed by atoms with Gasteiger partial charge in [0.25, 0.3) is 0 Å². The van der Waals surface area contributed by atoms with Crippen LogP contribution in [0.3, 0.4) is 0 Å². The Labute approximate surface area is 143 Å². The normalized spacial score (nSPS) is 18.7. The molecule has 1 unspecified atom stereocenters. The van der Waals surface area contributed by atoms with E-state index in [-0.39, 0.29) is 24.3 Å². The lowest BCUT2D eigenvalue weighted by Gasteiger charge is -2.35. The number of rotatable bonds is 7. The zero-order valence-electron chi connectivity index (χ0n) is 15.1. The van der Waals surface area contributed by atoms with Crippen molar-refractivity contribution in [3.05, 3.63) is 17.0 Å². The van der Waals surface area contributed by atoms with E-state index in [4.69, 9.17) is 0 Å². The van der Waals surface area contributed by atoms with E-state index in [1.807, 2.05) is 13.8 Å². The number of hydrogen-bond donors (Lipinski definition) is 3. The summed E-state index contributed by atoms with van der Waals surface area (Å²) < 4.78 is 0. The van der Waals surface area contributed by atoms with E-state index in [9.17, 15) is 9.59 Å². The van der Waals surface area contributed by atoms with Crippen LogP contribution in [0, 0.1) is 19.8 Å². The number of aromatic amines is 1. The zero-order valence-corrected chi connectivity index (χ0v) is 15.1. The van der Waals surface area contributed by atoms with Gasteiger partial charge in [0.1, 0.15) is 0 Å². The minimum atomic E-state index is -0.362. The molecule has 1 fully saturated rings. The van der Waals surface area contributed by atoms with Gasteiger partial charge in [-0.2, -0.15) is 5.10 Å². The van der Waals surface area contributed by atoms with Crippen LogP contribution >= 0.6 is 0 Å². The molecule has 134 valence electrons. The smallest absolute Gasteiger partial charge is 0.237 e. The summed E-state index contributed by atoms with van der Waals surface area (Å²) in [6, 6.07) is -0.362. The van der Waals surface area contributed by atoms with Gasteiger partial charge in [0.2, 0.25) is 11.8 Å². The molecule has 7 nitrogen and oxygen atoms in total. The summed E-state index contributed by atoms with van der Waals surface area (Å²) in [6.45, 7) is 11.0. The third-order valence-corrected chi connectivity index (χ3v) is 4.40. The van der Waals surface area contributed by atoms with Gasteiger partial charge in [0.05, 0.1) is 18.2 Å². The summed E-state index contributed by atoms with van der Waals surface area (Å²) in [7, 11) is 0. The fourth-order valence-electron chi connectivity index (χ4n) is 3.19. The van der Waals surface area contributed by atoms with Gasteiger partial charge in [-0.25, -0.2) is 0 Å². The molecule has 0 spiro atoms. The highest BCUT2D eigenvalue weighted by molar-refractivity contribution is 5.88. The molecule has 7 heteroatoms. The first-order valence-corrected chi connectivity index (χ1v) is 8.67. The molecule has 0 aromatic carbocycles. The average Bonchev–Trinajstić information content (AvgIpc) is 2.82. The Hall–Kier alpha value is -1.89. The molecule has 3 N–H and O–H groups in total. The zero-order chi connectivity index (χ0) is 17.7. The predicted molar refractivity (Wildman–Crippen MR) is 92.6 cm³/mol. The maximum Gasteiger partial charge on any atom is 0.237 e. The van der Waals surface area contributed by atoms with Crippen LogP contribution in [0.15, 0.2) is 0 Å². The Morgan fingerprint density at radius 2 is 2.17 bits per heavy atom. The second-order valence-corrected chi connectivity index (χ2v) is 6.91. The molecule has 2 amide bonds. The van der Waals surface area contributed by atoms with Gasteiger partial charge >= 0.3 is 0 Å². The Morgan fingerprint density at radius 3 is 2.79 bits per heavy atom. The number of nitrogens with one attached hydrogen (secondary N) is 3. The van der Waals surface area contributed by atoms with Gasteiger partial charge in [0.15, 0.2) is 0 Å². The minimum Gasteiger partial charge on any atom is -0.356 e. The highest BCUT2D eigenvalue weighted by Gasteiger charge is 2.31. The largest absolute Gasteiger partial charge is 0.356 e. The van der Waals surface area contributed by atoms with Crippen LogP contribution in [0.4, 0.5) is 0 Å². The molecule has 1 aliphatic rings. The third kappa shape index (κ3) is 4.80. The van der Waals surface area contributed by atoms with Crippen molar-refractivity contribution in [3.63, 3.8) is 0 Å². The number of carbonyl (C=O) groups excluding carboxylic acids is 2. The van der Waals surface area contributed by atoms with Crippen molar-refractivity contribution in [2.24, 2.45) is 5.92 Å². The monoisotopic (exact) mass is 335 g/mol. The topological polar surface area (TPSA) is 90.1 Å². The van der Waals surface area contributed by atoms with Crippen molar-refractivity contribution < 1.29 is 9.59 Å². The number of aryl methyl sites for hydroxylation is 2. The van der Waals surface area contributed by atoms with Gasteiger partial charge in [-0.1, -0.05) is 13.8 Å². The molecular formula is C17H29N5O2. The van der Waals surface area contributed by atoms with Gasteiger partial charge in [0, 0.05) is 31.9 Å². The van der Waals surface area contributed by atoms with Gasteiger partial charge in [-0.3, -0.25) is 19.6 Å². The first-order valence-electron chi connectivity index (χ1n) is 8.67. The molecule has 1 atom stereocenters. The summed E-state index contributed by atoms with van der Waals surface area (Å²) in [5.41, 5.74) is 3.15. The molecule has 1 aromatic rings. The molecule has 0 aliphatic carbocycles. The molecule has 1 aliphatic heterocycles. The SMILES string of the molecule is Cc1n[nH]c(C)c1CCNC(=O)CC1C(=O)NCCN1CC(C)C. The number of H-pyrrole nitrogens is 1. The molecule has 2 rings (SSSR count). The lowest BCUT2D eigenvalue weighted by Crippen LogP contribution is -2.57. The summed E-state index contributed by atoms with van der Waals surface area (Å²) in [5, 5.41) is 12.9. The number of piperazine rings is 1. The molecule has 1 aromatic heterocycles. The molecule has 0 saturated carbocycles. The standard InChI is InChI=1S/C17H29N5O2/c1-11(2)10-22-8-7-19-17(24)15(22)9-16(23)18-6-5-14-12(3)20-21-13(14)4/h11,15H,5-10H2,1-4H3,(H,18,23)(H,19,24)(H,20,21). The van der Waals surface area contributed by atoms with E-state index < -0.39 is 0 Å². The lowest BCUT2D eigenvalue weighted by atomic mass is 10.1. The van der Waals surface area contributed by atoms with Crippen molar-refractivity contribution >= 4 is 11.8 Å². The number of amides is 2. The summed E-state index contributed by atoms with van der Waals surface area (Å²) in [5.74, 6) is 0.344. The van der Waals surface area contributed by atoms with E-state index in [1.54, 1.807) is 0 Å². The molecule has 24 heavy (non-hydrogen) atoms. The Bertz CT molecular complexity index is 562. The van der Waals surface area contributed by atoms with E-state index >= 15 is 0 Å². The van der Waals surface area contributed by atoms with Crippen molar-refractivity contribution in [2.75, 3.05) is 26.2 Å². The number of carbonyl (C=O) groups is 2. The van der Waals surface area contributed by atoms with Crippen LogP contribution in [-0.4, -0.2) is 59.1 Å². The molecule has 2 heterocycles. The summed E-state index contributed by atoms with van der Waals surface area (Å²) in [6.07, 6.45) is 0.953. The highest BCUT2D eigenvalue weighted by Crippen LogP contribution is 2.12. The summed E-state index contributed by atoms with van der Waals surface area (Å²) in [4.78, 5) is 26.5. The average molecular weight is 335 g/mol. The third-order valence-electron chi connectivity index (χ3n) is 4.40. The molecular weight excluding hydrogens is 306 g/mol. The van der Waals surface area contributed by atoms with Crippen LogP contribution in [0.2, 0.25) is 0 Å². The molecule has 0 bridgehead atoms. The summed E-state index contributed by atoms with van der Waals surface area (Å²) >= 11 is 0. The van der Waals surface area contributed by atoms with Crippen LogP contribution < -0.4 is 10.6 Å². The fraction of sp³-hybridized carbons (Fsp3) is 0.706.